The first-order chi connectivity index (χ1) is 8.52. The van der Waals surface area contributed by atoms with E-state index in [1.54, 1.807) is 18.7 Å². The van der Waals surface area contributed by atoms with Crippen LogP contribution in [0.25, 0.3) is 0 Å². The Hall–Kier alpha value is -1.26. The van der Waals surface area contributed by atoms with Crippen molar-refractivity contribution in [3.05, 3.63) is 0 Å². The van der Waals surface area contributed by atoms with E-state index in [1.165, 1.54) is 6.42 Å². The predicted octanol–water partition coefficient (Wildman–Crippen LogP) is 2.07. The van der Waals surface area contributed by atoms with E-state index in [1.807, 2.05) is 0 Å². The summed E-state index contributed by atoms with van der Waals surface area (Å²) < 4.78 is 0. The normalized spacial score (nSPS) is 18.9. The summed E-state index contributed by atoms with van der Waals surface area (Å²) in [5.41, 5.74) is 0. The summed E-state index contributed by atoms with van der Waals surface area (Å²) in [5, 5.41) is 11.7. The summed E-state index contributed by atoms with van der Waals surface area (Å²) in [7, 11) is 0. The Bertz CT molecular complexity index is 284. The number of nitrogens with one attached hydrogen (secondary N) is 1. The van der Waals surface area contributed by atoms with Gasteiger partial charge in [-0.2, -0.15) is 0 Å². The molecule has 0 spiro atoms. The molecule has 1 saturated heterocycles. The van der Waals surface area contributed by atoms with Crippen LogP contribution in [0.2, 0.25) is 0 Å². The molecule has 0 aliphatic carbocycles. The number of carbonyl (C=O) groups is 2. The molecule has 5 heteroatoms. The number of amides is 2. The highest BCUT2D eigenvalue weighted by atomic mass is 16.4. The van der Waals surface area contributed by atoms with Gasteiger partial charge in [0.2, 0.25) is 0 Å². The fraction of sp³-hybridized carbons (Fsp3) is 0.846. The summed E-state index contributed by atoms with van der Waals surface area (Å²) in [6.07, 6.45) is 5.55. The second-order valence-electron chi connectivity index (χ2n) is 5.26. The minimum absolute atomic E-state index is 0.110. The van der Waals surface area contributed by atoms with E-state index in [-0.39, 0.29) is 11.9 Å². The van der Waals surface area contributed by atoms with Crippen molar-refractivity contribution < 1.29 is 14.7 Å². The smallest absolute Gasteiger partial charge is 0.326 e. The van der Waals surface area contributed by atoms with Gasteiger partial charge in [-0.3, -0.25) is 0 Å². The van der Waals surface area contributed by atoms with Crippen LogP contribution in [-0.2, 0) is 4.79 Å². The summed E-state index contributed by atoms with van der Waals surface area (Å²) in [4.78, 5) is 24.8. The Kier molecular flexibility index (Phi) is 5.95. The lowest BCUT2D eigenvalue weighted by molar-refractivity contribution is -0.140. The molecule has 0 aromatic heterocycles. The summed E-state index contributed by atoms with van der Waals surface area (Å²) in [6.45, 7) is 5.06. The SMILES string of the molecule is CC(C)[C@@H](NC(=O)N1CCCCCCC1)C(=O)O. The minimum atomic E-state index is -0.967. The number of carbonyl (C=O) groups excluding carboxylic acids is 1. The van der Waals surface area contributed by atoms with Crippen LogP contribution < -0.4 is 5.32 Å². The van der Waals surface area contributed by atoms with Gasteiger partial charge in [-0.15, -0.1) is 0 Å². The molecule has 0 saturated carbocycles. The number of nitrogens with zero attached hydrogens (tertiary/aromatic N) is 1. The average molecular weight is 256 g/mol. The molecular weight excluding hydrogens is 232 g/mol. The number of hydrogen-bond acceptors (Lipinski definition) is 2. The molecular formula is C13H24N2O3. The number of urea groups is 1. The van der Waals surface area contributed by atoms with Crippen LogP contribution in [0.3, 0.4) is 0 Å². The average Bonchev–Trinajstić information content (AvgIpc) is 2.24. The first-order valence-corrected chi connectivity index (χ1v) is 6.80. The predicted molar refractivity (Wildman–Crippen MR) is 69.5 cm³/mol. The second kappa shape index (κ2) is 7.24. The highest BCUT2D eigenvalue weighted by molar-refractivity contribution is 5.82. The van der Waals surface area contributed by atoms with Crippen molar-refractivity contribution >= 4 is 12.0 Å². The Morgan fingerprint density at radius 3 is 2.00 bits per heavy atom. The molecule has 1 aliphatic rings. The Balaban J connectivity index is 2.53. The fourth-order valence-corrected chi connectivity index (χ4v) is 2.19. The van der Waals surface area contributed by atoms with Crippen LogP contribution in [0.5, 0.6) is 0 Å². The molecule has 1 fully saturated rings. The van der Waals surface area contributed by atoms with Gasteiger partial charge in [0, 0.05) is 13.1 Å². The van der Waals surface area contributed by atoms with Gasteiger partial charge < -0.3 is 15.3 Å². The second-order valence-corrected chi connectivity index (χ2v) is 5.26. The molecule has 2 amide bonds. The third-order valence-electron chi connectivity index (χ3n) is 3.35. The summed E-state index contributed by atoms with van der Waals surface area (Å²) >= 11 is 0. The molecule has 1 rings (SSSR count). The van der Waals surface area contributed by atoms with Crippen LogP contribution in [0.15, 0.2) is 0 Å². The van der Waals surface area contributed by atoms with Gasteiger partial charge in [-0.25, -0.2) is 9.59 Å². The van der Waals surface area contributed by atoms with Gasteiger partial charge >= 0.3 is 12.0 Å². The summed E-state index contributed by atoms with van der Waals surface area (Å²) in [5.74, 6) is -1.08. The zero-order chi connectivity index (χ0) is 13.5. The number of carboxylic acid groups (broad SMARTS) is 1. The molecule has 0 aromatic rings. The van der Waals surface area contributed by atoms with Crippen molar-refractivity contribution in [1.82, 2.24) is 10.2 Å². The number of aliphatic carboxylic acids is 1. The Morgan fingerprint density at radius 2 is 1.56 bits per heavy atom. The van der Waals surface area contributed by atoms with Crippen molar-refractivity contribution in [3.8, 4) is 0 Å². The van der Waals surface area contributed by atoms with E-state index in [4.69, 9.17) is 5.11 Å². The van der Waals surface area contributed by atoms with Crippen LogP contribution in [0.4, 0.5) is 4.79 Å². The molecule has 0 bridgehead atoms. The molecule has 0 aromatic carbocycles. The monoisotopic (exact) mass is 256 g/mol. The van der Waals surface area contributed by atoms with Gasteiger partial charge in [0.15, 0.2) is 0 Å². The van der Waals surface area contributed by atoms with Crippen LogP contribution in [0.1, 0.15) is 46.0 Å². The number of carboxylic acids is 1. The topological polar surface area (TPSA) is 69.6 Å². The third-order valence-corrected chi connectivity index (χ3v) is 3.35. The van der Waals surface area contributed by atoms with Crippen molar-refractivity contribution in [2.75, 3.05) is 13.1 Å². The molecule has 104 valence electrons. The van der Waals surface area contributed by atoms with Gasteiger partial charge in [-0.05, 0) is 18.8 Å². The van der Waals surface area contributed by atoms with E-state index in [0.29, 0.717) is 0 Å². The first kappa shape index (κ1) is 14.8. The highest BCUT2D eigenvalue weighted by Crippen LogP contribution is 2.11. The Labute approximate surface area is 109 Å². The van der Waals surface area contributed by atoms with Gasteiger partial charge in [0.25, 0.3) is 0 Å². The number of rotatable bonds is 3. The van der Waals surface area contributed by atoms with Gasteiger partial charge in [0.1, 0.15) is 6.04 Å². The van der Waals surface area contributed by atoms with E-state index in [9.17, 15) is 9.59 Å². The van der Waals surface area contributed by atoms with Gasteiger partial charge in [0.05, 0.1) is 0 Å². The van der Waals surface area contributed by atoms with E-state index in [0.717, 1.165) is 38.8 Å². The lowest BCUT2D eigenvalue weighted by atomic mass is 10.1. The minimum Gasteiger partial charge on any atom is -0.480 e. The number of likely N-dealkylation sites (tertiary alicyclic amines) is 1. The molecule has 0 unspecified atom stereocenters. The van der Waals surface area contributed by atoms with E-state index >= 15 is 0 Å². The highest BCUT2D eigenvalue weighted by Gasteiger charge is 2.25. The zero-order valence-electron chi connectivity index (χ0n) is 11.3. The number of hydrogen-bond donors (Lipinski definition) is 2. The van der Waals surface area contributed by atoms with Crippen LogP contribution >= 0.6 is 0 Å². The molecule has 2 N–H and O–H groups in total. The van der Waals surface area contributed by atoms with E-state index < -0.39 is 12.0 Å². The van der Waals surface area contributed by atoms with Crippen LogP contribution in [-0.4, -0.2) is 41.1 Å². The van der Waals surface area contributed by atoms with Crippen molar-refractivity contribution in [1.29, 1.82) is 0 Å². The summed E-state index contributed by atoms with van der Waals surface area (Å²) in [6, 6.07) is -1.04. The van der Waals surface area contributed by atoms with E-state index in [2.05, 4.69) is 5.32 Å². The maximum absolute atomic E-state index is 12.0. The third kappa shape index (κ3) is 4.55. The van der Waals surface area contributed by atoms with Crippen molar-refractivity contribution in [3.63, 3.8) is 0 Å². The Morgan fingerprint density at radius 1 is 1.06 bits per heavy atom. The van der Waals surface area contributed by atoms with Crippen molar-refractivity contribution in [2.24, 2.45) is 5.92 Å². The maximum atomic E-state index is 12.0. The molecule has 5 nitrogen and oxygen atoms in total. The fourth-order valence-electron chi connectivity index (χ4n) is 2.19. The first-order valence-electron chi connectivity index (χ1n) is 6.80. The lowest BCUT2D eigenvalue weighted by Crippen LogP contribution is -2.50. The molecule has 0 radical (unpaired) electrons. The molecule has 1 aliphatic heterocycles. The van der Waals surface area contributed by atoms with Gasteiger partial charge in [-0.1, -0.05) is 33.1 Å². The lowest BCUT2D eigenvalue weighted by Gasteiger charge is -2.27. The quantitative estimate of drug-likeness (QED) is 0.812. The van der Waals surface area contributed by atoms with Crippen LogP contribution in [0, 0.1) is 5.92 Å². The zero-order valence-corrected chi connectivity index (χ0v) is 11.3. The molecule has 1 atom stereocenters. The largest absolute Gasteiger partial charge is 0.480 e. The maximum Gasteiger partial charge on any atom is 0.326 e. The molecule has 1 heterocycles. The van der Waals surface area contributed by atoms with Crippen molar-refractivity contribution in [2.45, 2.75) is 52.0 Å². The molecule has 18 heavy (non-hydrogen) atoms. The standard InChI is InChI=1S/C13H24N2O3/c1-10(2)11(12(16)17)14-13(18)15-8-6-4-3-5-7-9-15/h10-11H,3-9H2,1-2H3,(H,14,18)(H,16,17)/t11-/m1/s1.